The summed E-state index contributed by atoms with van der Waals surface area (Å²) < 4.78 is 0. The fraction of sp³-hybridized carbons (Fsp3) is 0.962. The van der Waals surface area contributed by atoms with Gasteiger partial charge in [0.1, 0.15) is 0 Å². The van der Waals surface area contributed by atoms with Crippen LogP contribution in [0.2, 0.25) is 0 Å². The molecule has 0 aromatic heterocycles. The van der Waals surface area contributed by atoms with Gasteiger partial charge in [-0.25, -0.2) is 4.79 Å². The van der Waals surface area contributed by atoms with Crippen molar-refractivity contribution in [2.75, 3.05) is 0 Å². The third kappa shape index (κ3) is 10.7. The van der Waals surface area contributed by atoms with E-state index in [4.69, 9.17) is 15.0 Å². The molecule has 29 heavy (non-hydrogen) atoms. The maximum Gasteiger partial charge on any atom is 0.503 e. The summed E-state index contributed by atoms with van der Waals surface area (Å²) in [6, 6.07) is 0. The van der Waals surface area contributed by atoms with Crippen molar-refractivity contribution in [2.24, 2.45) is 29.6 Å². The van der Waals surface area contributed by atoms with Crippen molar-refractivity contribution in [3.8, 4) is 0 Å². The summed E-state index contributed by atoms with van der Waals surface area (Å²) in [7, 11) is 0. The van der Waals surface area contributed by atoms with Crippen LogP contribution in [0.5, 0.6) is 0 Å². The zero-order valence-corrected chi connectivity index (χ0v) is 19.1. The molecule has 3 aliphatic carbocycles. The van der Waals surface area contributed by atoms with E-state index < -0.39 is 6.16 Å². The van der Waals surface area contributed by atoms with E-state index in [1.165, 1.54) is 32.1 Å². The Hall–Kier alpha value is -0.730. The van der Waals surface area contributed by atoms with Crippen LogP contribution < -0.4 is 0 Å². The van der Waals surface area contributed by atoms with Crippen molar-refractivity contribution >= 4 is 6.16 Å². The molecule has 0 bridgehead atoms. The Morgan fingerprint density at radius 1 is 0.552 bits per heavy atom. The number of hydrogen-bond donors (Lipinski definition) is 2. The highest BCUT2D eigenvalue weighted by molar-refractivity contribution is 5.53. The summed E-state index contributed by atoms with van der Waals surface area (Å²) in [5, 5.41) is 13.9. The molecule has 0 heterocycles. The Labute approximate surface area is 180 Å². The van der Waals surface area contributed by atoms with Gasteiger partial charge in [0.2, 0.25) is 0 Å². The minimum absolute atomic E-state index is 1.08. The van der Waals surface area contributed by atoms with Crippen LogP contribution in [0, 0.1) is 29.6 Å². The van der Waals surface area contributed by atoms with Crippen LogP contribution in [0.25, 0.3) is 0 Å². The highest BCUT2D eigenvalue weighted by atomic mass is 16.6. The summed E-state index contributed by atoms with van der Waals surface area (Å²) in [5.74, 6) is 5.48. The van der Waals surface area contributed by atoms with Crippen molar-refractivity contribution in [1.82, 2.24) is 0 Å². The van der Waals surface area contributed by atoms with Crippen molar-refractivity contribution in [3.63, 3.8) is 0 Å². The zero-order valence-electron chi connectivity index (χ0n) is 19.1. The van der Waals surface area contributed by atoms with Gasteiger partial charge in [-0.15, -0.1) is 0 Å². The maximum atomic E-state index is 8.56. The molecule has 0 aromatic carbocycles. The molecule has 3 fully saturated rings. The zero-order chi connectivity index (χ0) is 20.9. The third-order valence-corrected chi connectivity index (χ3v) is 8.32. The molecule has 0 amide bonds. The van der Waals surface area contributed by atoms with Crippen LogP contribution in [0.1, 0.15) is 129 Å². The molecule has 3 heteroatoms. The predicted octanol–water partition coefficient (Wildman–Crippen LogP) is 8.76. The largest absolute Gasteiger partial charge is 0.503 e. The van der Waals surface area contributed by atoms with Gasteiger partial charge in [-0.3, -0.25) is 0 Å². The quantitative estimate of drug-likeness (QED) is 0.422. The van der Waals surface area contributed by atoms with E-state index in [1.807, 2.05) is 0 Å². The summed E-state index contributed by atoms with van der Waals surface area (Å²) in [6.45, 7) is 2.36. The van der Waals surface area contributed by atoms with E-state index >= 15 is 0 Å². The van der Waals surface area contributed by atoms with E-state index in [-0.39, 0.29) is 0 Å². The molecule has 0 atom stereocenters. The monoisotopic (exact) mass is 408 g/mol. The van der Waals surface area contributed by atoms with Crippen LogP contribution in [-0.2, 0) is 0 Å². The molecular formula is C26H48O3. The van der Waals surface area contributed by atoms with Crippen LogP contribution in [-0.4, -0.2) is 16.4 Å². The minimum Gasteiger partial charge on any atom is -0.450 e. The van der Waals surface area contributed by atoms with E-state index in [9.17, 15) is 0 Å². The standard InChI is InChI=1S/C25H46.CH2O3/c1-2-6-21-9-12-23(13-10-21)15-18-25-19-16-24(17-20-25)14-11-22-7-4-3-5-8-22;2-1(3)4/h21-25H,2-20H2,1H3;(H2,2,3,4)/t21-,23-,24-,25-;. The Balaban J connectivity index is 0.000000687. The van der Waals surface area contributed by atoms with Crippen molar-refractivity contribution in [1.29, 1.82) is 0 Å². The summed E-state index contributed by atoms with van der Waals surface area (Å²) >= 11 is 0. The van der Waals surface area contributed by atoms with Gasteiger partial charge in [-0.1, -0.05) is 129 Å². The second-order valence-electron chi connectivity index (χ2n) is 10.5. The lowest BCUT2D eigenvalue weighted by atomic mass is 9.73. The summed E-state index contributed by atoms with van der Waals surface area (Å²) in [4.78, 5) is 8.56. The molecule has 0 unspecified atom stereocenters. The molecule has 0 radical (unpaired) electrons. The van der Waals surface area contributed by atoms with Gasteiger partial charge in [-0.05, 0) is 29.6 Å². The summed E-state index contributed by atoms with van der Waals surface area (Å²) in [6.07, 6.45) is 27.5. The Morgan fingerprint density at radius 2 is 0.828 bits per heavy atom. The van der Waals surface area contributed by atoms with Crippen molar-refractivity contribution in [3.05, 3.63) is 0 Å². The molecular weight excluding hydrogens is 360 g/mol. The molecule has 3 rings (SSSR count). The van der Waals surface area contributed by atoms with Crippen molar-refractivity contribution in [2.45, 2.75) is 129 Å². The van der Waals surface area contributed by atoms with Gasteiger partial charge in [0.25, 0.3) is 0 Å². The highest BCUT2D eigenvalue weighted by Crippen LogP contribution is 2.39. The molecule has 3 aliphatic rings. The molecule has 0 aromatic rings. The molecule has 170 valence electrons. The molecule has 2 N–H and O–H groups in total. The van der Waals surface area contributed by atoms with Gasteiger partial charge in [0.15, 0.2) is 0 Å². The number of hydrogen-bond acceptors (Lipinski definition) is 1. The molecule has 0 aliphatic heterocycles. The first-order chi connectivity index (χ1) is 14.1. The Kier molecular flexibility index (Phi) is 12.1. The fourth-order valence-corrected chi connectivity index (χ4v) is 6.44. The lowest BCUT2D eigenvalue weighted by Crippen LogP contribution is -2.19. The smallest absolute Gasteiger partial charge is 0.450 e. The van der Waals surface area contributed by atoms with Gasteiger partial charge in [0.05, 0.1) is 0 Å². The molecule has 0 saturated heterocycles. The van der Waals surface area contributed by atoms with Gasteiger partial charge in [0, 0.05) is 0 Å². The first-order valence-corrected chi connectivity index (χ1v) is 13.0. The first kappa shape index (κ1) is 24.5. The minimum atomic E-state index is -1.83. The second-order valence-corrected chi connectivity index (χ2v) is 10.5. The Bertz CT molecular complexity index is 410. The van der Waals surface area contributed by atoms with Gasteiger partial charge < -0.3 is 10.2 Å². The number of rotatable bonds is 8. The van der Waals surface area contributed by atoms with E-state index in [0.29, 0.717) is 0 Å². The molecule has 3 saturated carbocycles. The van der Waals surface area contributed by atoms with E-state index in [1.54, 1.807) is 89.9 Å². The lowest BCUT2D eigenvalue weighted by Gasteiger charge is -2.32. The molecule has 0 spiro atoms. The highest BCUT2D eigenvalue weighted by Gasteiger charge is 2.25. The molecule has 3 nitrogen and oxygen atoms in total. The van der Waals surface area contributed by atoms with Crippen LogP contribution in [0.4, 0.5) is 4.79 Å². The van der Waals surface area contributed by atoms with Crippen LogP contribution in [0.15, 0.2) is 0 Å². The van der Waals surface area contributed by atoms with Crippen LogP contribution >= 0.6 is 0 Å². The lowest BCUT2D eigenvalue weighted by molar-refractivity contribution is 0.137. The van der Waals surface area contributed by atoms with E-state index in [2.05, 4.69) is 6.92 Å². The van der Waals surface area contributed by atoms with E-state index in [0.717, 1.165) is 29.6 Å². The van der Waals surface area contributed by atoms with Crippen molar-refractivity contribution < 1.29 is 15.0 Å². The van der Waals surface area contributed by atoms with Gasteiger partial charge in [-0.2, -0.15) is 0 Å². The van der Waals surface area contributed by atoms with Crippen LogP contribution in [0.3, 0.4) is 0 Å². The van der Waals surface area contributed by atoms with Gasteiger partial charge >= 0.3 is 6.16 Å². The fourth-order valence-electron chi connectivity index (χ4n) is 6.44. The Morgan fingerprint density at radius 3 is 1.14 bits per heavy atom. The first-order valence-electron chi connectivity index (χ1n) is 13.0. The normalized spacial score (nSPS) is 30.9. The second kappa shape index (κ2) is 14.3. The number of carbonyl (C=O) groups is 1. The predicted molar refractivity (Wildman–Crippen MR) is 122 cm³/mol. The maximum absolute atomic E-state index is 8.56. The summed E-state index contributed by atoms with van der Waals surface area (Å²) in [5.41, 5.74) is 0. The SMILES string of the molecule is CCC[C@H]1CC[C@H](CC[C@H]2CC[C@H](CCC3CCCCC3)CC2)CC1.O=C(O)O. The number of carboxylic acid groups (broad SMARTS) is 2. The average Bonchev–Trinajstić information content (AvgIpc) is 2.73. The average molecular weight is 409 g/mol. The third-order valence-electron chi connectivity index (χ3n) is 8.32. The topological polar surface area (TPSA) is 57.5 Å².